The van der Waals surface area contributed by atoms with E-state index in [1.54, 1.807) is 21.6 Å². The molecule has 11 nitrogen and oxygen atoms in total. The smallest absolute Gasteiger partial charge is 0.410 e. The van der Waals surface area contributed by atoms with E-state index in [1.165, 1.54) is 6.42 Å². The molecule has 1 aromatic heterocycles. The number of nitriles is 1. The van der Waals surface area contributed by atoms with E-state index in [-0.39, 0.29) is 25.2 Å². The van der Waals surface area contributed by atoms with E-state index in [4.69, 9.17) is 19.4 Å². The van der Waals surface area contributed by atoms with Gasteiger partial charge in [0.2, 0.25) is 0 Å². The second kappa shape index (κ2) is 14.0. The zero-order valence-electron chi connectivity index (χ0n) is 26.2. The van der Waals surface area contributed by atoms with Gasteiger partial charge in [0, 0.05) is 43.5 Å². The Morgan fingerprint density at radius 2 is 1.86 bits per heavy atom. The summed E-state index contributed by atoms with van der Waals surface area (Å²) in [5.41, 5.74) is 2.18. The predicted molar refractivity (Wildman–Crippen MR) is 168 cm³/mol. The Morgan fingerprint density at radius 1 is 1.07 bits per heavy atom. The van der Waals surface area contributed by atoms with E-state index < -0.39 is 11.7 Å². The number of carbonyl (C=O) groups excluding carboxylic acids is 2. The molecule has 0 radical (unpaired) electrons. The topological polar surface area (TPSA) is 115 Å². The molecule has 3 aliphatic heterocycles. The first-order valence-corrected chi connectivity index (χ1v) is 16.4. The summed E-state index contributed by atoms with van der Waals surface area (Å²) in [5, 5.41) is 10.3. The van der Waals surface area contributed by atoms with Gasteiger partial charge >= 0.3 is 12.2 Å². The van der Waals surface area contributed by atoms with Crippen LogP contribution in [-0.4, -0.2) is 100 Å². The van der Waals surface area contributed by atoms with Crippen molar-refractivity contribution in [2.24, 2.45) is 0 Å². The van der Waals surface area contributed by atoms with Gasteiger partial charge in [0.05, 0.1) is 30.8 Å². The Hall–Kier alpha value is -3.56. The quantitative estimate of drug-likeness (QED) is 0.318. The zero-order chi connectivity index (χ0) is 31.3. The first kappa shape index (κ1) is 31.9. The number of likely N-dealkylation sites (tertiary alicyclic amines) is 1. The Balaban J connectivity index is 1.35. The number of anilines is 1. The molecule has 1 aromatic carbocycles. The molecule has 0 spiro atoms. The van der Waals surface area contributed by atoms with Crippen molar-refractivity contribution in [2.75, 3.05) is 50.4 Å². The number of ether oxygens (including phenoxy) is 2. The minimum atomic E-state index is -0.583. The van der Waals surface area contributed by atoms with Gasteiger partial charge in [-0.1, -0.05) is 42.1 Å². The fourth-order valence-corrected chi connectivity index (χ4v) is 7.02. The number of carbonyl (C=O) groups is 2. The lowest BCUT2D eigenvalue weighted by molar-refractivity contribution is 0.0220. The number of rotatable bonds is 7. The molecule has 44 heavy (non-hydrogen) atoms. The van der Waals surface area contributed by atoms with E-state index in [1.807, 2.05) is 51.1 Å². The van der Waals surface area contributed by atoms with E-state index in [0.717, 1.165) is 41.4 Å². The average Bonchev–Trinajstić information content (AvgIpc) is 3.42. The Morgan fingerprint density at radius 3 is 2.57 bits per heavy atom. The maximum atomic E-state index is 13.1. The van der Waals surface area contributed by atoms with Crippen LogP contribution in [0.5, 0.6) is 0 Å². The molecule has 2 aromatic rings. The van der Waals surface area contributed by atoms with Gasteiger partial charge in [0.1, 0.15) is 18.0 Å². The lowest BCUT2D eigenvalue weighted by Gasteiger charge is -2.41. The van der Waals surface area contributed by atoms with E-state index in [2.05, 4.69) is 22.9 Å². The molecule has 0 aliphatic carbocycles. The number of piperazine rings is 1. The number of benzene rings is 1. The number of thioether (sulfide) groups is 1. The summed E-state index contributed by atoms with van der Waals surface area (Å²) in [6, 6.07) is 12.0. The van der Waals surface area contributed by atoms with Crippen LogP contribution in [0.1, 0.15) is 56.9 Å². The Kier molecular flexibility index (Phi) is 10.2. The Labute approximate surface area is 264 Å². The highest BCUT2D eigenvalue weighted by Gasteiger charge is 2.35. The normalized spacial score (nSPS) is 20.7. The number of nitrogens with zero attached hydrogens (tertiary/aromatic N) is 7. The number of hydrogen-bond acceptors (Lipinski definition) is 10. The van der Waals surface area contributed by atoms with Crippen molar-refractivity contribution in [3.63, 3.8) is 0 Å². The van der Waals surface area contributed by atoms with Crippen molar-refractivity contribution >= 4 is 29.8 Å². The van der Waals surface area contributed by atoms with Crippen LogP contribution in [0.4, 0.5) is 15.4 Å². The highest BCUT2D eigenvalue weighted by atomic mass is 32.2. The third kappa shape index (κ3) is 7.93. The van der Waals surface area contributed by atoms with Crippen LogP contribution in [0.15, 0.2) is 35.5 Å². The lowest BCUT2D eigenvalue weighted by atomic mass is 10.0. The highest BCUT2D eigenvalue weighted by Crippen LogP contribution is 2.33. The van der Waals surface area contributed by atoms with Gasteiger partial charge in [-0.25, -0.2) is 19.6 Å². The van der Waals surface area contributed by atoms with Crippen molar-refractivity contribution in [3.8, 4) is 6.07 Å². The van der Waals surface area contributed by atoms with Gasteiger partial charge in [-0.2, -0.15) is 5.26 Å². The van der Waals surface area contributed by atoms with Gasteiger partial charge < -0.3 is 29.1 Å². The molecule has 0 N–H and O–H groups in total. The fourth-order valence-electron chi connectivity index (χ4n) is 5.93. The first-order chi connectivity index (χ1) is 21.1. The molecule has 4 heterocycles. The summed E-state index contributed by atoms with van der Waals surface area (Å²) < 4.78 is 11.3. The molecule has 0 bridgehead atoms. The molecular formula is C32H43N7O4S. The summed E-state index contributed by atoms with van der Waals surface area (Å²) in [4.78, 5) is 44.0. The molecule has 2 atom stereocenters. The third-order valence-electron chi connectivity index (χ3n) is 8.30. The van der Waals surface area contributed by atoms with Gasteiger partial charge in [-0.15, -0.1) is 0 Å². The summed E-state index contributed by atoms with van der Waals surface area (Å²) >= 11 is 1.65. The number of amides is 2. The summed E-state index contributed by atoms with van der Waals surface area (Å²) in [5.74, 6) is 1.73. The second-order valence-electron chi connectivity index (χ2n) is 12.7. The van der Waals surface area contributed by atoms with Crippen molar-refractivity contribution in [1.29, 1.82) is 5.26 Å². The SMILES string of the molecule is CN1CCCC1CSc1nc2c(c(N3CCN(C(=O)OCc4ccccc4)[C@@H](CC#N)C3)n1)CCN(C(=O)OC(C)(C)C)C2. The van der Waals surface area contributed by atoms with Crippen molar-refractivity contribution in [2.45, 2.75) is 82.4 Å². The number of hydrogen-bond donors (Lipinski definition) is 0. The highest BCUT2D eigenvalue weighted by molar-refractivity contribution is 7.99. The average molecular weight is 622 g/mol. The summed E-state index contributed by atoms with van der Waals surface area (Å²) in [7, 11) is 2.16. The number of aromatic nitrogens is 2. The maximum absolute atomic E-state index is 13.1. The maximum Gasteiger partial charge on any atom is 0.410 e. The van der Waals surface area contributed by atoms with Crippen molar-refractivity contribution < 1.29 is 19.1 Å². The van der Waals surface area contributed by atoms with Crippen LogP contribution < -0.4 is 4.90 Å². The zero-order valence-corrected chi connectivity index (χ0v) is 27.0. The lowest BCUT2D eigenvalue weighted by Crippen LogP contribution is -2.56. The second-order valence-corrected chi connectivity index (χ2v) is 13.7. The molecule has 1 unspecified atom stereocenters. The summed E-state index contributed by atoms with van der Waals surface area (Å²) in [6.45, 7) is 9.17. The fraction of sp³-hybridized carbons (Fsp3) is 0.594. The van der Waals surface area contributed by atoms with E-state index in [9.17, 15) is 14.9 Å². The molecule has 3 aliphatic rings. The molecule has 2 amide bonds. The van der Waals surface area contributed by atoms with Crippen LogP contribution in [0, 0.1) is 11.3 Å². The minimum absolute atomic E-state index is 0.184. The number of fused-ring (bicyclic) bond motifs is 1. The predicted octanol–water partition coefficient (Wildman–Crippen LogP) is 4.70. The first-order valence-electron chi connectivity index (χ1n) is 15.4. The van der Waals surface area contributed by atoms with Crippen molar-refractivity contribution in [3.05, 3.63) is 47.2 Å². The van der Waals surface area contributed by atoms with Gasteiger partial charge in [-0.3, -0.25) is 0 Å². The van der Waals surface area contributed by atoms with Crippen LogP contribution in [0.25, 0.3) is 0 Å². The van der Waals surface area contributed by atoms with E-state index in [0.29, 0.717) is 50.3 Å². The standard InChI is InChI=1S/C32H43N7O4S/c1-32(2,3)43-30(40)38-16-13-26-27(20-38)34-29(44-22-25-11-8-15-36(25)4)35-28(26)37-17-18-39(24(19-37)12-14-33)31(41)42-21-23-9-6-5-7-10-23/h5-7,9-10,24-25H,8,11-13,15-22H2,1-4H3/t24-,25?/m0/s1. The monoisotopic (exact) mass is 621 g/mol. The molecule has 0 saturated carbocycles. The minimum Gasteiger partial charge on any atom is -0.445 e. The molecular weight excluding hydrogens is 578 g/mol. The van der Waals surface area contributed by atoms with Gasteiger partial charge in [0.15, 0.2) is 5.16 Å². The van der Waals surface area contributed by atoms with E-state index >= 15 is 0 Å². The molecule has 2 saturated heterocycles. The van der Waals surface area contributed by atoms with Crippen LogP contribution in [-0.2, 0) is 29.0 Å². The van der Waals surface area contributed by atoms with Gasteiger partial charge in [0.25, 0.3) is 0 Å². The molecule has 12 heteroatoms. The van der Waals surface area contributed by atoms with Gasteiger partial charge in [-0.05, 0) is 59.2 Å². The molecule has 2 fully saturated rings. The van der Waals surface area contributed by atoms with Crippen LogP contribution in [0.2, 0.25) is 0 Å². The van der Waals surface area contributed by atoms with Crippen LogP contribution >= 0.6 is 11.8 Å². The Bertz CT molecular complexity index is 1360. The molecule has 5 rings (SSSR count). The third-order valence-corrected chi connectivity index (χ3v) is 9.29. The van der Waals surface area contributed by atoms with Crippen LogP contribution in [0.3, 0.4) is 0 Å². The largest absolute Gasteiger partial charge is 0.445 e. The molecule has 236 valence electrons. The van der Waals surface area contributed by atoms with Crippen molar-refractivity contribution in [1.82, 2.24) is 24.7 Å². The summed E-state index contributed by atoms with van der Waals surface area (Å²) in [6.07, 6.45) is 2.38.